The zero-order chi connectivity index (χ0) is 21.1. The number of Topliss-reactive ketones (excluding diaryl/α,β-unsaturated/α-hetero) is 1. The molecule has 2 rings (SSSR count). The van der Waals surface area contributed by atoms with E-state index in [-0.39, 0.29) is 23.6 Å². The maximum Gasteiger partial charge on any atom is 0.262 e. The lowest BCUT2D eigenvalue weighted by atomic mass is 9.91. The van der Waals surface area contributed by atoms with Crippen molar-refractivity contribution in [1.82, 2.24) is 5.32 Å². The van der Waals surface area contributed by atoms with Gasteiger partial charge < -0.3 is 5.32 Å². The molecule has 0 aliphatic carbocycles. The van der Waals surface area contributed by atoms with Crippen LogP contribution in [0.25, 0.3) is 0 Å². The quantitative estimate of drug-likeness (QED) is 0.765. The number of halogens is 2. The van der Waals surface area contributed by atoms with E-state index < -0.39 is 37.9 Å². The summed E-state index contributed by atoms with van der Waals surface area (Å²) in [5, 5.41) is 2.45. The summed E-state index contributed by atoms with van der Waals surface area (Å²) in [6.07, 6.45) is 0. The molecule has 2 aromatic carbocycles. The molecule has 6 nitrogen and oxygen atoms in total. The van der Waals surface area contributed by atoms with Crippen LogP contribution in [0.15, 0.2) is 47.4 Å². The lowest BCUT2D eigenvalue weighted by molar-refractivity contribution is -0.125. The van der Waals surface area contributed by atoms with Crippen LogP contribution in [0.1, 0.15) is 31.1 Å². The first-order chi connectivity index (χ1) is 12.9. The van der Waals surface area contributed by atoms with Gasteiger partial charge in [0.25, 0.3) is 15.9 Å². The van der Waals surface area contributed by atoms with Crippen LogP contribution >= 0.6 is 0 Å². The van der Waals surface area contributed by atoms with Crippen molar-refractivity contribution >= 4 is 27.4 Å². The standard InChI is InChI=1S/C19H20F2N2O4S/c1-19(2,3)17(24)11-22-18(25)13-6-4-5-7-16(13)23-28(26,27)12-8-9-14(20)15(21)10-12/h4-10,23H,11H2,1-3H3,(H,22,25). The van der Waals surface area contributed by atoms with Crippen LogP contribution in [0.4, 0.5) is 14.5 Å². The minimum absolute atomic E-state index is 0.0182. The fourth-order valence-corrected chi connectivity index (χ4v) is 3.23. The van der Waals surface area contributed by atoms with Crippen LogP contribution in [0.2, 0.25) is 0 Å². The fraction of sp³-hybridized carbons (Fsp3) is 0.263. The Morgan fingerprint density at radius 2 is 1.64 bits per heavy atom. The monoisotopic (exact) mass is 410 g/mol. The zero-order valence-corrected chi connectivity index (χ0v) is 16.4. The molecule has 0 saturated carbocycles. The highest BCUT2D eigenvalue weighted by atomic mass is 32.2. The van der Waals surface area contributed by atoms with Crippen molar-refractivity contribution in [2.24, 2.45) is 5.41 Å². The van der Waals surface area contributed by atoms with Crippen LogP contribution in [0.5, 0.6) is 0 Å². The largest absolute Gasteiger partial charge is 0.345 e. The van der Waals surface area contributed by atoms with Gasteiger partial charge in [0.15, 0.2) is 17.4 Å². The van der Waals surface area contributed by atoms with E-state index in [1.807, 2.05) is 0 Å². The van der Waals surface area contributed by atoms with E-state index in [9.17, 15) is 26.8 Å². The van der Waals surface area contributed by atoms with Gasteiger partial charge in [-0.25, -0.2) is 17.2 Å². The number of hydrogen-bond donors (Lipinski definition) is 2. The Morgan fingerprint density at radius 1 is 1.00 bits per heavy atom. The van der Waals surface area contributed by atoms with Gasteiger partial charge in [-0.15, -0.1) is 0 Å². The van der Waals surface area contributed by atoms with Gasteiger partial charge in [0.2, 0.25) is 0 Å². The van der Waals surface area contributed by atoms with E-state index >= 15 is 0 Å². The summed E-state index contributed by atoms with van der Waals surface area (Å²) in [5.74, 6) is -3.33. The van der Waals surface area contributed by atoms with Gasteiger partial charge >= 0.3 is 0 Å². The number of anilines is 1. The molecule has 28 heavy (non-hydrogen) atoms. The number of sulfonamides is 1. The van der Waals surface area contributed by atoms with Crippen molar-refractivity contribution in [2.75, 3.05) is 11.3 Å². The van der Waals surface area contributed by atoms with Crippen LogP contribution in [-0.4, -0.2) is 26.7 Å². The molecule has 0 spiro atoms. The van der Waals surface area contributed by atoms with Crippen molar-refractivity contribution in [3.8, 4) is 0 Å². The molecule has 0 aliphatic rings. The summed E-state index contributed by atoms with van der Waals surface area (Å²) >= 11 is 0. The Hall–Kier alpha value is -2.81. The van der Waals surface area contributed by atoms with Crippen LogP contribution < -0.4 is 10.0 Å². The van der Waals surface area contributed by atoms with Gasteiger partial charge in [0, 0.05) is 5.41 Å². The lowest BCUT2D eigenvalue weighted by Crippen LogP contribution is -2.35. The van der Waals surface area contributed by atoms with Gasteiger partial charge in [-0.05, 0) is 30.3 Å². The number of para-hydroxylation sites is 1. The SMILES string of the molecule is CC(C)(C)C(=O)CNC(=O)c1ccccc1NS(=O)(=O)c1ccc(F)c(F)c1. The van der Waals surface area contributed by atoms with Gasteiger partial charge in [0.1, 0.15) is 0 Å². The molecule has 0 radical (unpaired) electrons. The molecule has 150 valence electrons. The number of hydrogen-bond acceptors (Lipinski definition) is 4. The molecule has 1 amide bonds. The second kappa shape index (κ2) is 8.05. The van der Waals surface area contributed by atoms with Crippen molar-refractivity contribution in [2.45, 2.75) is 25.7 Å². The van der Waals surface area contributed by atoms with Crippen LogP contribution in [0.3, 0.4) is 0 Å². The van der Waals surface area contributed by atoms with Gasteiger partial charge in [-0.3, -0.25) is 14.3 Å². The minimum atomic E-state index is -4.27. The molecule has 0 unspecified atom stereocenters. The van der Waals surface area contributed by atoms with Gasteiger partial charge in [0.05, 0.1) is 22.7 Å². The Morgan fingerprint density at radius 3 is 2.25 bits per heavy atom. The third kappa shape index (κ3) is 5.13. The van der Waals surface area contributed by atoms with Crippen molar-refractivity contribution in [3.63, 3.8) is 0 Å². The maximum absolute atomic E-state index is 13.4. The number of nitrogens with one attached hydrogen (secondary N) is 2. The van der Waals surface area contributed by atoms with E-state index in [1.54, 1.807) is 20.8 Å². The van der Waals surface area contributed by atoms with E-state index in [0.29, 0.717) is 12.1 Å². The summed E-state index contributed by atoms with van der Waals surface area (Å²) < 4.78 is 53.5. The predicted molar refractivity (Wildman–Crippen MR) is 100 cm³/mol. The van der Waals surface area contributed by atoms with Gasteiger partial charge in [-0.1, -0.05) is 32.9 Å². The molecule has 0 aliphatic heterocycles. The maximum atomic E-state index is 13.4. The second-order valence-corrected chi connectivity index (χ2v) is 8.77. The van der Waals surface area contributed by atoms with Crippen molar-refractivity contribution in [3.05, 3.63) is 59.7 Å². The van der Waals surface area contributed by atoms with Gasteiger partial charge in [-0.2, -0.15) is 0 Å². The van der Waals surface area contributed by atoms with E-state index in [1.165, 1.54) is 24.3 Å². The topological polar surface area (TPSA) is 92.3 Å². The summed E-state index contributed by atoms with van der Waals surface area (Å²) in [4.78, 5) is 23.9. The first-order valence-corrected chi connectivity index (χ1v) is 9.78. The second-order valence-electron chi connectivity index (χ2n) is 7.08. The Bertz CT molecular complexity index is 1010. The van der Waals surface area contributed by atoms with Crippen molar-refractivity contribution < 1.29 is 26.8 Å². The molecular formula is C19H20F2N2O4S. The third-order valence-electron chi connectivity index (χ3n) is 3.86. The van der Waals surface area contributed by atoms with E-state index in [2.05, 4.69) is 10.0 Å². The molecule has 0 saturated heterocycles. The Labute approximate surface area is 162 Å². The zero-order valence-electron chi connectivity index (χ0n) is 15.5. The molecule has 2 aromatic rings. The Balaban J connectivity index is 2.25. The summed E-state index contributed by atoms with van der Waals surface area (Å²) in [6.45, 7) is 4.93. The van der Waals surface area contributed by atoms with E-state index in [0.717, 1.165) is 6.07 Å². The molecule has 0 fully saturated rings. The first-order valence-electron chi connectivity index (χ1n) is 8.30. The summed E-state index contributed by atoms with van der Waals surface area (Å²) in [7, 11) is -4.27. The van der Waals surface area contributed by atoms with Crippen molar-refractivity contribution in [1.29, 1.82) is 0 Å². The fourth-order valence-electron chi connectivity index (χ4n) is 2.14. The summed E-state index contributed by atoms with van der Waals surface area (Å²) in [5.41, 5.74) is -0.718. The Kier molecular flexibility index (Phi) is 6.18. The molecule has 0 bridgehead atoms. The van der Waals surface area contributed by atoms with Crippen LogP contribution in [-0.2, 0) is 14.8 Å². The highest BCUT2D eigenvalue weighted by molar-refractivity contribution is 7.92. The number of carbonyl (C=O) groups excluding carboxylic acids is 2. The molecule has 9 heteroatoms. The summed E-state index contributed by atoms with van der Waals surface area (Å²) in [6, 6.07) is 7.89. The van der Waals surface area contributed by atoms with Crippen LogP contribution in [0, 0.1) is 17.0 Å². The number of rotatable bonds is 6. The third-order valence-corrected chi connectivity index (χ3v) is 5.23. The number of amides is 1. The number of benzene rings is 2. The normalized spacial score (nSPS) is 11.8. The first kappa shape index (κ1) is 21.5. The number of ketones is 1. The highest BCUT2D eigenvalue weighted by Crippen LogP contribution is 2.21. The highest BCUT2D eigenvalue weighted by Gasteiger charge is 2.23. The number of carbonyl (C=O) groups is 2. The molecule has 2 N–H and O–H groups in total. The lowest BCUT2D eigenvalue weighted by Gasteiger charge is -2.17. The average Bonchev–Trinajstić information content (AvgIpc) is 2.60. The molecule has 0 atom stereocenters. The molecule has 0 aromatic heterocycles. The van der Waals surface area contributed by atoms with E-state index in [4.69, 9.17) is 0 Å². The molecular weight excluding hydrogens is 390 g/mol. The minimum Gasteiger partial charge on any atom is -0.345 e. The molecule has 0 heterocycles. The smallest absolute Gasteiger partial charge is 0.262 e. The average molecular weight is 410 g/mol. The predicted octanol–water partition coefficient (Wildman–Crippen LogP) is 3.11.